The van der Waals surface area contributed by atoms with Crippen LogP contribution in [0.5, 0.6) is 11.5 Å². The predicted molar refractivity (Wildman–Crippen MR) is 127 cm³/mol. The number of carbonyl (C=O) groups is 1. The molecule has 1 unspecified atom stereocenters. The van der Waals surface area contributed by atoms with Crippen molar-refractivity contribution in [2.75, 3.05) is 31.8 Å². The first kappa shape index (κ1) is 22.3. The molecule has 0 saturated heterocycles. The molecule has 7 heteroatoms. The smallest absolute Gasteiger partial charge is 0.267 e. The molecule has 3 aromatic rings. The molecule has 1 aliphatic heterocycles. The first-order chi connectivity index (χ1) is 15.5. The van der Waals surface area contributed by atoms with Gasteiger partial charge in [0.05, 0.1) is 29.6 Å². The Labute approximate surface area is 192 Å². The van der Waals surface area contributed by atoms with Gasteiger partial charge in [-0.15, -0.1) is 11.3 Å². The quantitative estimate of drug-likeness (QED) is 0.433. The molecule has 4 rings (SSSR count). The largest absolute Gasteiger partial charge is 0.494 e. The molecule has 6 nitrogen and oxygen atoms in total. The van der Waals surface area contributed by atoms with Crippen molar-refractivity contribution in [3.8, 4) is 22.8 Å². The van der Waals surface area contributed by atoms with Crippen molar-refractivity contribution < 1.29 is 19.0 Å². The predicted octanol–water partition coefficient (Wildman–Crippen LogP) is 4.89. The summed E-state index contributed by atoms with van der Waals surface area (Å²) in [5, 5.41) is 3.08. The Morgan fingerprint density at radius 1 is 1.16 bits per heavy atom. The van der Waals surface area contributed by atoms with Crippen molar-refractivity contribution in [3.63, 3.8) is 0 Å². The average molecular weight is 453 g/mol. The number of hydrogen-bond acceptors (Lipinski definition) is 6. The van der Waals surface area contributed by atoms with Crippen LogP contribution in [-0.2, 0) is 16.0 Å². The average Bonchev–Trinajstić information content (AvgIpc) is 3.27. The van der Waals surface area contributed by atoms with Gasteiger partial charge in [-0.05, 0) is 50.6 Å². The number of methoxy groups -OCH3 is 1. The molecule has 32 heavy (non-hydrogen) atoms. The maximum atomic E-state index is 12.9. The van der Waals surface area contributed by atoms with E-state index in [4.69, 9.17) is 19.2 Å². The second-order valence-corrected chi connectivity index (χ2v) is 8.76. The Hall–Kier alpha value is -2.90. The second-order valence-electron chi connectivity index (χ2n) is 7.82. The summed E-state index contributed by atoms with van der Waals surface area (Å²) >= 11 is 1.62. The van der Waals surface area contributed by atoms with Crippen molar-refractivity contribution in [1.82, 2.24) is 4.98 Å². The molecule has 2 heterocycles. The van der Waals surface area contributed by atoms with Crippen LogP contribution >= 0.6 is 11.3 Å². The van der Waals surface area contributed by atoms with Gasteiger partial charge in [-0.3, -0.25) is 4.79 Å². The number of anilines is 1. The number of benzene rings is 2. The fraction of sp³-hybridized carbons (Fsp3) is 0.360. The first-order valence-electron chi connectivity index (χ1n) is 10.8. The van der Waals surface area contributed by atoms with Gasteiger partial charge in [0, 0.05) is 31.0 Å². The number of hydrogen-bond donors (Lipinski definition) is 0. The number of thiazole rings is 1. The highest BCUT2D eigenvalue weighted by atomic mass is 32.1. The number of aromatic nitrogens is 1. The zero-order valence-corrected chi connectivity index (χ0v) is 19.5. The Kier molecular flexibility index (Phi) is 7.07. The molecule has 2 aromatic carbocycles. The SMILES string of the molecule is COCCc1nc(-c2ccc3c(c2)N(CCCOc2ccc(C)cc2)C(=O)C(C)O3)cs1. The zero-order valence-electron chi connectivity index (χ0n) is 18.7. The zero-order chi connectivity index (χ0) is 22.5. The lowest BCUT2D eigenvalue weighted by atomic mass is 10.1. The van der Waals surface area contributed by atoms with Crippen LogP contribution in [0.15, 0.2) is 47.8 Å². The van der Waals surface area contributed by atoms with Crippen LogP contribution in [0, 0.1) is 6.92 Å². The number of ether oxygens (including phenoxy) is 3. The third-order valence-electron chi connectivity index (χ3n) is 5.35. The summed E-state index contributed by atoms with van der Waals surface area (Å²) in [5.41, 5.74) is 3.85. The molecular weight excluding hydrogens is 424 g/mol. The number of fused-ring (bicyclic) bond motifs is 1. The number of nitrogens with zero attached hydrogens (tertiary/aromatic N) is 2. The van der Waals surface area contributed by atoms with Gasteiger partial charge in [0.2, 0.25) is 0 Å². The van der Waals surface area contributed by atoms with Crippen LogP contribution in [-0.4, -0.2) is 43.9 Å². The third kappa shape index (κ3) is 5.11. The standard InChI is InChI=1S/C25H28N2O4S/c1-17-5-8-20(9-6-17)30-13-4-12-27-22-15-19(7-10-23(22)31-18(2)25(27)28)21-16-32-24(26-21)11-14-29-3/h5-10,15-16,18H,4,11-14H2,1-3H3. The molecule has 0 aliphatic carbocycles. The molecular formula is C25H28N2O4S. The van der Waals surface area contributed by atoms with Gasteiger partial charge in [0.25, 0.3) is 5.91 Å². The lowest BCUT2D eigenvalue weighted by molar-refractivity contribution is -0.125. The lowest BCUT2D eigenvalue weighted by Gasteiger charge is -2.33. The maximum Gasteiger partial charge on any atom is 0.267 e. The van der Waals surface area contributed by atoms with Crippen molar-refractivity contribution in [1.29, 1.82) is 0 Å². The molecule has 1 aromatic heterocycles. The summed E-state index contributed by atoms with van der Waals surface area (Å²) in [4.78, 5) is 19.4. The highest BCUT2D eigenvalue weighted by molar-refractivity contribution is 7.09. The van der Waals surface area contributed by atoms with E-state index >= 15 is 0 Å². The summed E-state index contributed by atoms with van der Waals surface area (Å²) in [5.74, 6) is 1.52. The van der Waals surface area contributed by atoms with Crippen LogP contribution in [0.4, 0.5) is 5.69 Å². The van der Waals surface area contributed by atoms with E-state index in [0.717, 1.165) is 39.9 Å². The minimum atomic E-state index is -0.508. The molecule has 0 fully saturated rings. The molecule has 168 valence electrons. The Balaban J connectivity index is 1.47. The summed E-state index contributed by atoms with van der Waals surface area (Å²) in [7, 11) is 1.69. The summed E-state index contributed by atoms with van der Waals surface area (Å²) in [6.45, 7) is 5.58. The van der Waals surface area contributed by atoms with Crippen LogP contribution in [0.25, 0.3) is 11.3 Å². The molecule has 0 radical (unpaired) electrons. The van der Waals surface area contributed by atoms with Gasteiger partial charge in [0.1, 0.15) is 11.5 Å². The topological polar surface area (TPSA) is 60.9 Å². The van der Waals surface area contributed by atoms with E-state index < -0.39 is 6.10 Å². The molecule has 0 N–H and O–H groups in total. The van der Waals surface area contributed by atoms with Crippen molar-refractivity contribution in [2.45, 2.75) is 32.8 Å². The minimum Gasteiger partial charge on any atom is -0.494 e. The van der Waals surface area contributed by atoms with E-state index in [2.05, 4.69) is 0 Å². The van der Waals surface area contributed by atoms with E-state index in [9.17, 15) is 4.79 Å². The van der Waals surface area contributed by atoms with E-state index in [0.29, 0.717) is 26.2 Å². The molecule has 0 saturated carbocycles. The van der Waals surface area contributed by atoms with Gasteiger partial charge in [-0.1, -0.05) is 17.7 Å². The maximum absolute atomic E-state index is 12.9. The van der Waals surface area contributed by atoms with E-state index in [1.54, 1.807) is 25.4 Å². The second kappa shape index (κ2) is 10.1. The highest BCUT2D eigenvalue weighted by Crippen LogP contribution is 2.38. The normalized spacial score (nSPS) is 15.4. The molecule has 1 aliphatic rings. The number of rotatable bonds is 9. The monoisotopic (exact) mass is 452 g/mol. The fourth-order valence-corrected chi connectivity index (χ4v) is 4.38. The first-order valence-corrected chi connectivity index (χ1v) is 11.7. The molecule has 0 spiro atoms. The van der Waals surface area contributed by atoms with Crippen LogP contribution in [0.3, 0.4) is 0 Å². The van der Waals surface area contributed by atoms with Crippen molar-refractivity contribution in [2.24, 2.45) is 0 Å². The Bertz CT molecular complexity index is 1060. The van der Waals surface area contributed by atoms with E-state index in [1.165, 1.54) is 5.56 Å². The van der Waals surface area contributed by atoms with Gasteiger partial charge in [-0.2, -0.15) is 0 Å². The Morgan fingerprint density at radius 2 is 1.97 bits per heavy atom. The molecule has 1 atom stereocenters. The fourth-order valence-electron chi connectivity index (χ4n) is 3.59. The van der Waals surface area contributed by atoms with E-state index in [1.807, 2.05) is 59.7 Å². The van der Waals surface area contributed by atoms with Gasteiger partial charge in [0.15, 0.2) is 6.10 Å². The highest BCUT2D eigenvalue weighted by Gasteiger charge is 2.31. The van der Waals surface area contributed by atoms with Crippen LogP contribution < -0.4 is 14.4 Å². The minimum absolute atomic E-state index is 0.0379. The number of carbonyl (C=O) groups excluding carboxylic acids is 1. The number of aryl methyl sites for hydroxylation is 1. The summed E-state index contributed by atoms with van der Waals surface area (Å²) in [6, 6.07) is 13.9. The van der Waals surface area contributed by atoms with Crippen LogP contribution in [0.2, 0.25) is 0 Å². The van der Waals surface area contributed by atoms with Gasteiger partial charge < -0.3 is 19.1 Å². The molecule has 1 amide bonds. The van der Waals surface area contributed by atoms with Gasteiger partial charge in [-0.25, -0.2) is 4.98 Å². The van der Waals surface area contributed by atoms with Crippen LogP contribution in [0.1, 0.15) is 23.9 Å². The van der Waals surface area contributed by atoms with Crippen molar-refractivity contribution >= 4 is 22.9 Å². The Morgan fingerprint density at radius 3 is 2.75 bits per heavy atom. The summed E-state index contributed by atoms with van der Waals surface area (Å²) in [6.07, 6.45) is 0.998. The summed E-state index contributed by atoms with van der Waals surface area (Å²) < 4.78 is 16.8. The van der Waals surface area contributed by atoms with Gasteiger partial charge >= 0.3 is 0 Å². The lowest BCUT2D eigenvalue weighted by Crippen LogP contribution is -2.45. The molecule has 0 bridgehead atoms. The van der Waals surface area contributed by atoms with E-state index in [-0.39, 0.29) is 5.91 Å². The third-order valence-corrected chi connectivity index (χ3v) is 6.26. The number of amides is 1. The van der Waals surface area contributed by atoms with Crippen molar-refractivity contribution in [3.05, 3.63) is 58.4 Å².